The lowest BCUT2D eigenvalue weighted by atomic mass is 9.86. The molecule has 2 aromatic carbocycles. The summed E-state index contributed by atoms with van der Waals surface area (Å²) < 4.78 is 18.9. The largest absolute Gasteiger partial charge is 0.496 e. The molecule has 0 atom stereocenters. The molecule has 0 saturated heterocycles. The number of aromatic nitrogens is 1. The molecule has 0 aliphatic heterocycles. The quantitative estimate of drug-likeness (QED) is 0.749. The first-order valence-electron chi connectivity index (χ1n) is 8.00. The zero-order valence-corrected chi connectivity index (χ0v) is 13.6. The molecule has 3 aromatic rings. The number of carboxylic acid groups (broad SMARTS) is 1. The Morgan fingerprint density at radius 2 is 1.96 bits per heavy atom. The van der Waals surface area contributed by atoms with E-state index in [1.807, 2.05) is 18.2 Å². The number of H-pyrrole nitrogens is 1. The van der Waals surface area contributed by atoms with Crippen molar-refractivity contribution in [2.45, 2.75) is 12.8 Å². The molecule has 5 heteroatoms. The Balaban J connectivity index is 2.02. The summed E-state index contributed by atoms with van der Waals surface area (Å²) in [5.41, 5.74) is 5.21. The molecule has 0 radical (unpaired) electrons. The number of hydrogen-bond donors (Lipinski definition) is 2. The van der Waals surface area contributed by atoms with Crippen LogP contribution in [-0.2, 0) is 12.8 Å². The van der Waals surface area contributed by atoms with Gasteiger partial charge in [0.15, 0.2) is 0 Å². The van der Waals surface area contributed by atoms with Crippen molar-refractivity contribution in [3.8, 4) is 28.1 Å². The number of halogens is 1. The van der Waals surface area contributed by atoms with Gasteiger partial charge in [-0.25, -0.2) is 9.18 Å². The van der Waals surface area contributed by atoms with E-state index in [1.54, 1.807) is 6.07 Å². The Morgan fingerprint density at radius 1 is 1.16 bits per heavy atom. The van der Waals surface area contributed by atoms with Gasteiger partial charge in [0, 0.05) is 22.8 Å². The first kappa shape index (κ1) is 15.4. The summed E-state index contributed by atoms with van der Waals surface area (Å²) >= 11 is 0. The van der Waals surface area contributed by atoms with Gasteiger partial charge in [0.2, 0.25) is 0 Å². The fraction of sp³-hybridized carbons (Fsp3) is 0.150. The summed E-state index contributed by atoms with van der Waals surface area (Å²) in [7, 11) is 1.45. The molecule has 126 valence electrons. The number of rotatable bonds is 3. The molecule has 25 heavy (non-hydrogen) atoms. The van der Waals surface area contributed by atoms with Crippen molar-refractivity contribution in [1.29, 1.82) is 0 Å². The number of carboxylic acids is 1. The van der Waals surface area contributed by atoms with Gasteiger partial charge in [-0.2, -0.15) is 0 Å². The third kappa shape index (κ3) is 2.39. The van der Waals surface area contributed by atoms with Crippen LogP contribution >= 0.6 is 0 Å². The fourth-order valence-electron chi connectivity index (χ4n) is 3.59. The van der Waals surface area contributed by atoms with Gasteiger partial charge in [0.05, 0.1) is 12.8 Å². The summed E-state index contributed by atoms with van der Waals surface area (Å²) in [6.07, 6.45) is 1.54. The molecule has 0 saturated carbocycles. The molecule has 2 N–H and O–H groups in total. The first-order valence-corrected chi connectivity index (χ1v) is 8.00. The Labute approximate surface area is 143 Å². The summed E-state index contributed by atoms with van der Waals surface area (Å²) in [5.74, 6) is -1.15. The number of methoxy groups -OCH3 is 1. The minimum absolute atomic E-state index is 0.103. The molecule has 1 aliphatic rings. The number of benzene rings is 2. The van der Waals surface area contributed by atoms with E-state index >= 15 is 0 Å². The molecule has 0 amide bonds. The normalized spacial score (nSPS) is 12.4. The van der Waals surface area contributed by atoms with Crippen molar-refractivity contribution < 1.29 is 19.0 Å². The molecule has 4 rings (SSSR count). The standard InChI is InChI=1S/C20H16FNO3/c1-25-16-10-12(21)7-9-14(16)17-15-8-6-11-4-2-3-5-13(11)18(15)22-19(17)20(23)24/h2-5,7,9-10,22H,6,8H2,1H3,(H,23,24). The number of aromatic carboxylic acids is 1. The van der Waals surface area contributed by atoms with Crippen LogP contribution in [0.15, 0.2) is 42.5 Å². The van der Waals surface area contributed by atoms with E-state index in [1.165, 1.54) is 24.8 Å². The maximum Gasteiger partial charge on any atom is 0.352 e. The molecule has 0 bridgehead atoms. The molecule has 1 aromatic heterocycles. The van der Waals surface area contributed by atoms with Gasteiger partial charge in [-0.05, 0) is 36.1 Å². The smallest absolute Gasteiger partial charge is 0.352 e. The van der Waals surface area contributed by atoms with E-state index in [0.29, 0.717) is 23.3 Å². The second kappa shape index (κ2) is 5.77. The van der Waals surface area contributed by atoms with E-state index in [-0.39, 0.29) is 5.69 Å². The van der Waals surface area contributed by atoms with Crippen LogP contribution in [0.1, 0.15) is 21.6 Å². The minimum atomic E-state index is -1.05. The van der Waals surface area contributed by atoms with Crippen molar-refractivity contribution in [3.63, 3.8) is 0 Å². The number of ether oxygens (including phenoxy) is 1. The maximum absolute atomic E-state index is 13.6. The highest BCUT2D eigenvalue weighted by Gasteiger charge is 2.28. The molecule has 1 aliphatic carbocycles. The number of carbonyl (C=O) groups is 1. The average Bonchev–Trinajstić information content (AvgIpc) is 3.01. The lowest BCUT2D eigenvalue weighted by Gasteiger charge is -2.18. The van der Waals surface area contributed by atoms with Crippen LogP contribution in [0.3, 0.4) is 0 Å². The van der Waals surface area contributed by atoms with Gasteiger partial charge in [0.1, 0.15) is 17.3 Å². The SMILES string of the molecule is COc1cc(F)ccc1-c1c(C(=O)O)[nH]c2c1CCc1ccccc1-2. The van der Waals surface area contributed by atoms with Gasteiger partial charge < -0.3 is 14.8 Å². The second-order valence-electron chi connectivity index (χ2n) is 6.04. The van der Waals surface area contributed by atoms with E-state index in [2.05, 4.69) is 11.1 Å². The summed E-state index contributed by atoms with van der Waals surface area (Å²) in [4.78, 5) is 14.9. The van der Waals surface area contributed by atoms with Gasteiger partial charge in [-0.15, -0.1) is 0 Å². The fourth-order valence-corrected chi connectivity index (χ4v) is 3.59. The predicted octanol–water partition coefficient (Wildman–Crippen LogP) is 4.29. The van der Waals surface area contributed by atoms with Gasteiger partial charge in [-0.3, -0.25) is 0 Å². The van der Waals surface area contributed by atoms with Crippen LogP contribution < -0.4 is 4.74 Å². The Bertz CT molecular complexity index is 991. The van der Waals surface area contributed by atoms with Crippen molar-refractivity contribution in [1.82, 2.24) is 4.98 Å². The third-order valence-corrected chi connectivity index (χ3v) is 4.68. The van der Waals surface area contributed by atoms with E-state index < -0.39 is 11.8 Å². The molecule has 4 nitrogen and oxygen atoms in total. The summed E-state index contributed by atoms with van der Waals surface area (Å²) in [6, 6.07) is 12.1. The number of aryl methyl sites for hydroxylation is 1. The number of fused-ring (bicyclic) bond motifs is 3. The van der Waals surface area contributed by atoms with Crippen LogP contribution in [0.4, 0.5) is 4.39 Å². The summed E-state index contributed by atoms with van der Waals surface area (Å²) in [6.45, 7) is 0. The molecular weight excluding hydrogens is 321 g/mol. The predicted molar refractivity (Wildman–Crippen MR) is 92.5 cm³/mol. The van der Waals surface area contributed by atoms with Crippen LogP contribution in [0, 0.1) is 5.82 Å². The van der Waals surface area contributed by atoms with Crippen molar-refractivity contribution in [2.75, 3.05) is 7.11 Å². The van der Waals surface area contributed by atoms with E-state index in [0.717, 1.165) is 23.2 Å². The van der Waals surface area contributed by atoms with E-state index in [9.17, 15) is 14.3 Å². The maximum atomic E-state index is 13.6. The van der Waals surface area contributed by atoms with Gasteiger partial charge in [-0.1, -0.05) is 24.3 Å². The zero-order chi connectivity index (χ0) is 17.6. The highest BCUT2D eigenvalue weighted by molar-refractivity contribution is 5.99. The Hall–Kier alpha value is -3.08. The van der Waals surface area contributed by atoms with Crippen molar-refractivity contribution in [3.05, 3.63) is 65.1 Å². The van der Waals surface area contributed by atoms with Gasteiger partial charge >= 0.3 is 5.97 Å². The van der Waals surface area contributed by atoms with Crippen molar-refractivity contribution >= 4 is 5.97 Å². The molecular formula is C20H16FNO3. The van der Waals surface area contributed by atoms with E-state index in [4.69, 9.17) is 4.74 Å². The average molecular weight is 337 g/mol. The second-order valence-corrected chi connectivity index (χ2v) is 6.04. The monoisotopic (exact) mass is 337 g/mol. The third-order valence-electron chi connectivity index (χ3n) is 4.68. The number of nitrogens with one attached hydrogen (secondary N) is 1. The molecule has 0 spiro atoms. The lowest BCUT2D eigenvalue weighted by Crippen LogP contribution is -2.03. The number of hydrogen-bond acceptors (Lipinski definition) is 2. The van der Waals surface area contributed by atoms with Crippen molar-refractivity contribution in [2.24, 2.45) is 0 Å². The van der Waals surface area contributed by atoms with Crippen LogP contribution in [0.2, 0.25) is 0 Å². The number of aromatic amines is 1. The zero-order valence-electron chi connectivity index (χ0n) is 13.6. The van der Waals surface area contributed by atoms with Crippen LogP contribution in [0.25, 0.3) is 22.4 Å². The highest BCUT2D eigenvalue weighted by Crippen LogP contribution is 2.43. The van der Waals surface area contributed by atoms with Gasteiger partial charge in [0.25, 0.3) is 0 Å². The highest BCUT2D eigenvalue weighted by atomic mass is 19.1. The lowest BCUT2D eigenvalue weighted by molar-refractivity contribution is 0.0692. The van der Waals surface area contributed by atoms with Crippen LogP contribution in [0.5, 0.6) is 5.75 Å². The molecule has 0 unspecified atom stereocenters. The van der Waals surface area contributed by atoms with Crippen LogP contribution in [-0.4, -0.2) is 23.2 Å². The minimum Gasteiger partial charge on any atom is -0.496 e. The Kier molecular flexibility index (Phi) is 3.57. The Morgan fingerprint density at radius 3 is 2.72 bits per heavy atom. The summed E-state index contributed by atoms with van der Waals surface area (Å²) in [5, 5.41) is 9.70. The molecule has 0 fully saturated rings. The topological polar surface area (TPSA) is 62.3 Å². The molecule has 1 heterocycles. The first-order chi connectivity index (χ1) is 12.1.